The van der Waals surface area contributed by atoms with Crippen LogP contribution in [0, 0.1) is 49.4 Å². The lowest BCUT2D eigenvalue weighted by Gasteiger charge is -2.53. The molecule has 4 aliphatic rings. The van der Waals surface area contributed by atoms with Gasteiger partial charge in [0.15, 0.2) is 0 Å². The average molecular weight is 455 g/mol. The van der Waals surface area contributed by atoms with Crippen LogP contribution in [0.25, 0.3) is 0 Å². The Morgan fingerprint density at radius 3 is 1.47 bits per heavy atom. The molecule has 2 heteroatoms. The van der Waals surface area contributed by atoms with E-state index in [4.69, 9.17) is 0 Å². The van der Waals surface area contributed by atoms with Gasteiger partial charge < -0.3 is 0 Å². The maximum atomic E-state index is 13.2. The summed E-state index contributed by atoms with van der Waals surface area (Å²) in [5, 5.41) is 0. The molecule has 4 aliphatic carbocycles. The first-order valence-electron chi connectivity index (χ1n) is 13.7. The summed E-state index contributed by atoms with van der Waals surface area (Å²) in [5.74, 6) is 4.90. The van der Waals surface area contributed by atoms with Gasteiger partial charge in [-0.3, -0.25) is 9.59 Å². The van der Waals surface area contributed by atoms with Gasteiger partial charge in [0, 0.05) is 24.7 Å². The lowest BCUT2D eigenvalue weighted by Crippen LogP contribution is -2.47. The van der Waals surface area contributed by atoms with Crippen LogP contribution < -0.4 is 0 Å². The summed E-state index contributed by atoms with van der Waals surface area (Å²) < 4.78 is 0. The molecular formula is C32H38O2. The van der Waals surface area contributed by atoms with E-state index in [1.54, 1.807) is 0 Å². The fourth-order valence-corrected chi connectivity index (χ4v) is 8.69. The number of Topliss-reactive ketones (excluding diaryl/α,β-unsaturated/α-hetero) is 2. The van der Waals surface area contributed by atoms with E-state index in [0.29, 0.717) is 41.2 Å². The van der Waals surface area contributed by atoms with E-state index in [0.717, 1.165) is 31.6 Å². The predicted octanol–water partition coefficient (Wildman–Crippen LogP) is 7.18. The summed E-state index contributed by atoms with van der Waals surface area (Å²) in [4.78, 5) is 26.4. The van der Waals surface area contributed by atoms with E-state index in [9.17, 15) is 9.59 Å². The Labute approximate surface area is 204 Å². The normalized spacial score (nSPS) is 37.5. The van der Waals surface area contributed by atoms with Crippen molar-refractivity contribution in [1.29, 1.82) is 0 Å². The molecule has 2 aromatic carbocycles. The van der Waals surface area contributed by atoms with Gasteiger partial charge >= 0.3 is 0 Å². The molecule has 2 aromatic rings. The van der Waals surface area contributed by atoms with Crippen molar-refractivity contribution in [3.8, 4) is 0 Å². The number of fused-ring (bicyclic) bond motifs is 3. The minimum Gasteiger partial charge on any atom is -0.299 e. The summed E-state index contributed by atoms with van der Waals surface area (Å²) in [6, 6.07) is 17.4. The third-order valence-electron chi connectivity index (χ3n) is 10.1. The van der Waals surface area contributed by atoms with E-state index in [-0.39, 0.29) is 11.8 Å². The number of benzene rings is 2. The highest BCUT2D eigenvalue weighted by Crippen LogP contribution is 2.58. The van der Waals surface area contributed by atoms with Crippen LogP contribution >= 0.6 is 0 Å². The van der Waals surface area contributed by atoms with Crippen molar-refractivity contribution in [2.24, 2.45) is 35.5 Å². The summed E-state index contributed by atoms with van der Waals surface area (Å²) >= 11 is 0. The minimum atomic E-state index is 0.0814. The molecule has 178 valence electrons. The summed E-state index contributed by atoms with van der Waals surface area (Å²) in [6.45, 7) is 4.27. The fraction of sp³-hybridized carbons (Fsp3) is 0.562. The fourth-order valence-electron chi connectivity index (χ4n) is 8.69. The van der Waals surface area contributed by atoms with Gasteiger partial charge in [-0.25, -0.2) is 0 Å². The summed E-state index contributed by atoms with van der Waals surface area (Å²) in [6.07, 6.45) is 8.66. The van der Waals surface area contributed by atoms with Crippen molar-refractivity contribution in [2.75, 3.05) is 0 Å². The van der Waals surface area contributed by atoms with Gasteiger partial charge in [-0.05, 0) is 99.0 Å². The van der Waals surface area contributed by atoms with Gasteiger partial charge in [0.1, 0.15) is 11.6 Å². The van der Waals surface area contributed by atoms with Gasteiger partial charge in [0.05, 0.1) is 0 Å². The Balaban J connectivity index is 1.28. The van der Waals surface area contributed by atoms with E-state index in [2.05, 4.69) is 62.4 Å². The Bertz CT molecular complexity index is 1010. The number of carbonyl (C=O) groups is 2. The van der Waals surface area contributed by atoms with E-state index >= 15 is 0 Å². The van der Waals surface area contributed by atoms with E-state index in [1.807, 2.05) is 0 Å². The van der Waals surface area contributed by atoms with Crippen molar-refractivity contribution >= 4 is 11.6 Å². The number of hydrogen-bond donors (Lipinski definition) is 0. The number of carbonyl (C=O) groups excluding carboxylic acids is 2. The highest BCUT2D eigenvalue weighted by atomic mass is 16.1. The molecule has 2 nitrogen and oxygen atoms in total. The van der Waals surface area contributed by atoms with Crippen molar-refractivity contribution in [3.05, 3.63) is 70.8 Å². The maximum absolute atomic E-state index is 13.2. The maximum Gasteiger partial charge on any atom is 0.140 e. The molecule has 0 heterocycles. The molecule has 0 amide bonds. The molecule has 0 aliphatic heterocycles. The predicted molar refractivity (Wildman–Crippen MR) is 136 cm³/mol. The lowest BCUT2D eigenvalue weighted by atomic mass is 9.51. The second-order valence-corrected chi connectivity index (χ2v) is 12.1. The number of aryl methyl sites for hydroxylation is 2. The Hall–Kier alpha value is -2.22. The van der Waals surface area contributed by atoms with Crippen LogP contribution in [0.15, 0.2) is 48.5 Å². The van der Waals surface area contributed by atoms with Gasteiger partial charge in [-0.15, -0.1) is 0 Å². The smallest absolute Gasteiger partial charge is 0.140 e. The SMILES string of the molecule is Cc1cccc([C@H]2C(=O)CC[C@H]3CC4C[C@H]5CCC(=O)[C@@H](c6cccc(C)c6)[C@@H]5CC4C[C@@H]32)c1. The molecule has 6 rings (SSSR count). The van der Waals surface area contributed by atoms with Crippen LogP contribution in [-0.4, -0.2) is 11.6 Å². The van der Waals surface area contributed by atoms with Crippen LogP contribution in [0.3, 0.4) is 0 Å². The molecule has 4 saturated carbocycles. The highest BCUT2D eigenvalue weighted by Gasteiger charge is 2.51. The Kier molecular flexibility index (Phi) is 5.74. The molecular weight excluding hydrogens is 416 g/mol. The molecule has 0 N–H and O–H groups in total. The molecule has 34 heavy (non-hydrogen) atoms. The molecule has 0 aromatic heterocycles. The van der Waals surface area contributed by atoms with Gasteiger partial charge in [0.2, 0.25) is 0 Å². The van der Waals surface area contributed by atoms with E-state index in [1.165, 1.54) is 47.9 Å². The molecule has 8 atom stereocenters. The van der Waals surface area contributed by atoms with Crippen LogP contribution in [0.2, 0.25) is 0 Å². The molecule has 2 unspecified atom stereocenters. The first kappa shape index (κ1) is 22.3. The zero-order valence-electron chi connectivity index (χ0n) is 20.7. The van der Waals surface area contributed by atoms with Crippen molar-refractivity contribution in [1.82, 2.24) is 0 Å². The highest BCUT2D eigenvalue weighted by molar-refractivity contribution is 5.87. The molecule has 0 radical (unpaired) electrons. The van der Waals surface area contributed by atoms with Crippen LogP contribution in [0.1, 0.15) is 85.5 Å². The summed E-state index contributed by atoms with van der Waals surface area (Å²) in [7, 11) is 0. The third-order valence-corrected chi connectivity index (χ3v) is 10.1. The van der Waals surface area contributed by atoms with Crippen molar-refractivity contribution in [2.45, 2.75) is 77.0 Å². The number of ketones is 2. The zero-order chi connectivity index (χ0) is 23.4. The van der Waals surface area contributed by atoms with E-state index < -0.39 is 0 Å². The topological polar surface area (TPSA) is 34.1 Å². The van der Waals surface area contributed by atoms with Gasteiger partial charge in [-0.1, -0.05) is 59.7 Å². The van der Waals surface area contributed by atoms with Crippen LogP contribution in [0.4, 0.5) is 0 Å². The number of hydrogen-bond acceptors (Lipinski definition) is 2. The Morgan fingerprint density at radius 1 is 0.588 bits per heavy atom. The average Bonchev–Trinajstić information content (AvgIpc) is 2.81. The molecule has 0 saturated heterocycles. The quantitative estimate of drug-likeness (QED) is 0.481. The van der Waals surface area contributed by atoms with Crippen LogP contribution in [0.5, 0.6) is 0 Å². The summed E-state index contributed by atoms with van der Waals surface area (Å²) in [5.41, 5.74) is 5.00. The number of rotatable bonds is 2. The minimum absolute atomic E-state index is 0.0814. The first-order valence-corrected chi connectivity index (χ1v) is 13.7. The third kappa shape index (κ3) is 3.88. The largest absolute Gasteiger partial charge is 0.299 e. The van der Waals surface area contributed by atoms with Crippen molar-refractivity contribution in [3.63, 3.8) is 0 Å². The van der Waals surface area contributed by atoms with Gasteiger partial charge in [0.25, 0.3) is 0 Å². The van der Waals surface area contributed by atoms with Crippen LogP contribution in [-0.2, 0) is 9.59 Å². The monoisotopic (exact) mass is 454 g/mol. The Morgan fingerprint density at radius 2 is 1.03 bits per heavy atom. The standard InChI is InChI=1S/C32H38O2/c1-19-5-3-7-23(13-19)31-27-17-26-18-28-22(16-25(26)15-21(27)9-11-29(31)33)10-12-30(34)32(28)24-8-4-6-20(2)14-24/h3-8,13-14,21-22,25-28,31-32H,9-12,15-18H2,1-2H3/t21-,22+,25?,26?,27-,28+,31+,32-. The second kappa shape index (κ2) is 8.77. The second-order valence-electron chi connectivity index (χ2n) is 12.1. The molecule has 0 bridgehead atoms. The van der Waals surface area contributed by atoms with Crippen molar-refractivity contribution < 1.29 is 9.59 Å². The van der Waals surface area contributed by atoms with Gasteiger partial charge in [-0.2, -0.15) is 0 Å². The molecule has 0 spiro atoms. The lowest BCUT2D eigenvalue weighted by molar-refractivity contribution is -0.129. The molecule has 4 fully saturated rings. The first-order chi connectivity index (χ1) is 16.5. The zero-order valence-corrected chi connectivity index (χ0v) is 20.7.